The highest BCUT2D eigenvalue weighted by Gasteiger charge is 2.38. The van der Waals surface area contributed by atoms with Gasteiger partial charge < -0.3 is 42.0 Å². The molecule has 0 aromatic heterocycles. The molecule has 0 aliphatic rings. The summed E-state index contributed by atoms with van der Waals surface area (Å²) in [7, 11) is -6.20. The summed E-state index contributed by atoms with van der Waals surface area (Å²) in [6.07, 6.45) is 0. The Labute approximate surface area is 409 Å². The molecule has 0 aliphatic heterocycles. The first-order valence-corrected chi connectivity index (χ1v) is 27.1. The first-order chi connectivity index (χ1) is 30.1. The lowest BCUT2D eigenvalue weighted by atomic mass is 10.2. The maximum atomic E-state index is 8.29. The molecule has 0 saturated heterocycles. The molecular formula is C56H86O9Si2. The average molecular weight is 959 g/mol. The standard InChI is InChI=1S/C56H86O9Si2/c1-49(2,3)57-37-25-29-41(61-53(13,14)15)45(33-37)66(46-34-38(58-50(4,5)6)26-30-42(46)62-54(16,17)18)65-67(47-35-39(59-51(7,8)9)27-31-43(47)63-55(19,20)21)48-36-40(60-52(10,11)12)28-32-44(48)64-56(22,23)24/h25-36,66-67H,1-24H3. The summed E-state index contributed by atoms with van der Waals surface area (Å²) in [6.45, 7) is 49.3. The van der Waals surface area contributed by atoms with Crippen molar-refractivity contribution in [2.24, 2.45) is 0 Å². The van der Waals surface area contributed by atoms with Crippen LogP contribution in [0.5, 0.6) is 46.0 Å². The summed E-state index contributed by atoms with van der Waals surface area (Å²) in [6, 6.07) is 24.4. The van der Waals surface area contributed by atoms with Crippen molar-refractivity contribution in [1.29, 1.82) is 0 Å². The van der Waals surface area contributed by atoms with Gasteiger partial charge in [0.2, 0.25) is 18.1 Å². The van der Waals surface area contributed by atoms with E-state index in [0.717, 1.165) is 20.7 Å². The van der Waals surface area contributed by atoms with Crippen LogP contribution >= 0.6 is 0 Å². The van der Waals surface area contributed by atoms with E-state index in [-0.39, 0.29) is 0 Å². The fourth-order valence-electron chi connectivity index (χ4n) is 7.05. The summed E-state index contributed by atoms with van der Waals surface area (Å²) in [5, 5.41) is 3.51. The van der Waals surface area contributed by atoms with E-state index in [1.165, 1.54) is 0 Å². The van der Waals surface area contributed by atoms with E-state index >= 15 is 0 Å². The zero-order chi connectivity index (χ0) is 50.9. The van der Waals surface area contributed by atoms with Crippen LogP contribution < -0.4 is 58.6 Å². The monoisotopic (exact) mass is 959 g/mol. The van der Waals surface area contributed by atoms with Gasteiger partial charge in [0.1, 0.15) is 90.8 Å². The van der Waals surface area contributed by atoms with Crippen LogP contribution in [0.4, 0.5) is 0 Å². The summed E-state index contributed by atoms with van der Waals surface area (Å²) in [5.74, 6) is 5.53. The van der Waals surface area contributed by atoms with Gasteiger partial charge in [0.25, 0.3) is 0 Å². The average Bonchev–Trinajstić information content (AvgIpc) is 3.07. The fraction of sp³-hybridized carbons (Fsp3) is 0.571. The zero-order valence-electron chi connectivity index (χ0n) is 45.8. The molecule has 0 unspecified atom stereocenters. The Morgan fingerprint density at radius 2 is 0.403 bits per heavy atom. The van der Waals surface area contributed by atoms with Crippen LogP contribution in [-0.4, -0.2) is 62.9 Å². The van der Waals surface area contributed by atoms with Crippen molar-refractivity contribution in [2.75, 3.05) is 0 Å². The van der Waals surface area contributed by atoms with Gasteiger partial charge in [-0.1, -0.05) is 0 Å². The molecular weight excluding hydrogens is 873 g/mol. The third kappa shape index (κ3) is 18.9. The van der Waals surface area contributed by atoms with Crippen molar-refractivity contribution in [2.45, 2.75) is 211 Å². The van der Waals surface area contributed by atoms with Gasteiger partial charge in [-0.3, -0.25) is 0 Å². The van der Waals surface area contributed by atoms with Gasteiger partial charge >= 0.3 is 0 Å². The second-order valence-corrected chi connectivity index (χ2v) is 30.5. The molecule has 4 aromatic rings. The van der Waals surface area contributed by atoms with Crippen LogP contribution in [0, 0.1) is 0 Å². The molecule has 4 rings (SSSR count). The molecule has 0 N–H and O–H groups in total. The van der Waals surface area contributed by atoms with Crippen molar-refractivity contribution >= 4 is 38.8 Å². The van der Waals surface area contributed by atoms with E-state index in [1.807, 2.05) is 48.5 Å². The number of benzene rings is 4. The van der Waals surface area contributed by atoms with Crippen molar-refractivity contribution in [3.63, 3.8) is 0 Å². The Kier molecular flexibility index (Phi) is 16.5. The molecule has 0 heterocycles. The van der Waals surface area contributed by atoms with E-state index in [9.17, 15) is 0 Å². The minimum Gasteiger partial charge on any atom is -0.488 e. The van der Waals surface area contributed by atoms with Crippen LogP contribution in [0.25, 0.3) is 0 Å². The lowest BCUT2D eigenvalue weighted by molar-refractivity contribution is 0.125. The van der Waals surface area contributed by atoms with E-state index in [2.05, 4.69) is 190 Å². The van der Waals surface area contributed by atoms with Crippen molar-refractivity contribution in [3.8, 4) is 46.0 Å². The number of hydrogen-bond donors (Lipinski definition) is 0. The molecule has 0 atom stereocenters. The number of rotatable bonds is 14. The molecule has 11 heteroatoms. The Balaban J connectivity index is 2.34. The zero-order valence-corrected chi connectivity index (χ0v) is 48.1. The van der Waals surface area contributed by atoms with Crippen LogP contribution in [0.1, 0.15) is 166 Å². The van der Waals surface area contributed by atoms with E-state index in [4.69, 9.17) is 42.0 Å². The number of hydrogen-bond acceptors (Lipinski definition) is 9. The summed E-state index contributed by atoms with van der Waals surface area (Å²) >= 11 is 0. The predicted molar refractivity (Wildman–Crippen MR) is 283 cm³/mol. The fourth-order valence-corrected chi connectivity index (χ4v) is 14.1. The topological polar surface area (TPSA) is 83.1 Å². The minimum atomic E-state index is -3.10. The highest BCUT2D eigenvalue weighted by molar-refractivity contribution is 6.93. The number of ether oxygens (including phenoxy) is 8. The lowest BCUT2D eigenvalue weighted by Gasteiger charge is -2.34. The molecule has 0 bridgehead atoms. The van der Waals surface area contributed by atoms with Crippen molar-refractivity contribution in [3.05, 3.63) is 72.8 Å². The normalized spacial score (nSPS) is 13.4. The summed E-state index contributed by atoms with van der Waals surface area (Å²) < 4.78 is 62.7. The van der Waals surface area contributed by atoms with Crippen molar-refractivity contribution in [1.82, 2.24) is 0 Å². The maximum absolute atomic E-state index is 8.29. The first-order valence-electron chi connectivity index (χ1n) is 23.8. The molecule has 0 aliphatic carbocycles. The Morgan fingerprint density at radius 3 is 0.552 bits per heavy atom. The summed E-state index contributed by atoms with van der Waals surface area (Å²) in [5.41, 5.74) is -4.18. The molecule has 0 radical (unpaired) electrons. The Hall–Kier alpha value is -4.33. The molecule has 0 amide bonds. The lowest BCUT2D eigenvalue weighted by Crippen LogP contribution is -2.57. The minimum absolute atomic E-state index is 0.487. The maximum Gasteiger partial charge on any atom is 0.236 e. The van der Waals surface area contributed by atoms with Gasteiger partial charge in [-0.2, -0.15) is 0 Å². The molecule has 0 spiro atoms. The van der Waals surface area contributed by atoms with Crippen LogP contribution in [0.2, 0.25) is 0 Å². The molecule has 67 heavy (non-hydrogen) atoms. The highest BCUT2D eigenvalue weighted by Crippen LogP contribution is 2.32. The smallest absolute Gasteiger partial charge is 0.236 e. The second kappa shape index (κ2) is 20.0. The van der Waals surface area contributed by atoms with E-state index < -0.39 is 62.9 Å². The van der Waals surface area contributed by atoms with Crippen LogP contribution in [0.3, 0.4) is 0 Å². The van der Waals surface area contributed by atoms with Crippen LogP contribution in [-0.2, 0) is 4.12 Å². The van der Waals surface area contributed by atoms with Gasteiger partial charge in [-0.15, -0.1) is 0 Å². The molecule has 0 saturated carbocycles. The SMILES string of the molecule is CC(C)(C)Oc1ccc(OC(C)(C)C)c([SiH](O[SiH](c2cc(OC(C)(C)C)ccc2OC(C)(C)C)c2cc(OC(C)(C)C)ccc2OC(C)(C)C)c2cc(OC(C)(C)C)ccc2OC(C)(C)C)c1. The third-order valence-corrected chi connectivity index (χ3v) is 14.9. The van der Waals surface area contributed by atoms with Gasteiger partial charge in [0, 0.05) is 20.7 Å². The molecule has 0 fully saturated rings. The quantitative estimate of drug-likeness (QED) is 0.115. The molecule has 372 valence electrons. The highest BCUT2D eigenvalue weighted by atomic mass is 28.4. The largest absolute Gasteiger partial charge is 0.488 e. The van der Waals surface area contributed by atoms with E-state index in [1.54, 1.807) is 0 Å². The second-order valence-electron chi connectivity index (χ2n) is 25.4. The van der Waals surface area contributed by atoms with Gasteiger partial charge in [-0.25, -0.2) is 0 Å². The summed E-state index contributed by atoms with van der Waals surface area (Å²) in [4.78, 5) is 0. The van der Waals surface area contributed by atoms with Gasteiger partial charge in [-0.05, 0) is 239 Å². The molecule has 9 nitrogen and oxygen atoms in total. The third-order valence-electron chi connectivity index (χ3n) is 8.69. The van der Waals surface area contributed by atoms with Gasteiger partial charge in [0.15, 0.2) is 0 Å². The van der Waals surface area contributed by atoms with Gasteiger partial charge in [0.05, 0.1) is 0 Å². The van der Waals surface area contributed by atoms with Crippen LogP contribution in [0.15, 0.2) is 72.8 Å². The Bertz CT molecular complexity index is 1960. The van der Waals surface area contributed by atoms with E-state index in [0.29, 0.717) is 46.0 Å². The molecule has 4 aromatic carbocycles. The Morgan fingerprint density at radius 1 is 0.239 bits per heavy atom. The predicted octanol–water partition coefficient (Wildman–Crippen LogP) is 11.5. The first kappa shape index (κ1) is 55.3. The van der Waals surface area contributed by atoms with Crippen molar-refractivity contribution < 1.29 is 42.0 Å².